The number of aliphatic hydroxyl groups is 3. The van der Waals surface area contributed by atoms with Crippen molar-refractivity contribution in [2.24, 2.45) is 11.8 Å². The van der Waals surface area contributed by atoms with Crippen LogP contribution in [0.5, 0.6) is 0 Å². The number of hydrogen-bond donors (Lipinski definition) is 3. The van der Waals surface area contributed by atoms with Gasteiger partial charge in [0.15, 0.2) is 6.10 Å². The number of nitrogens with zero attached hydrogens (tertiary/aromatic N) is 2. The van der Waals surface area contributed by atoms with Crippen molar-refractivity contribution in [2.45, 2.75) is 121 Å². The Kier molecular flexibility index (Phi) is 13.9. The summed E-state index contributed by atoms with van der Waals surface area (Å²) in [6.07, 6.45) is 6.98. The zero-order chi connectivity index (χ0) is 34.2. The molecular formula is C35H58N2O9. The number of esters is 1. The van der Waals surface area contributed by atoms with Crippen molar-refractivity contribution in [1.29, 1.82) is 0 Å². The van der Waals surface area contributed by atoms with Crippen LogP contribution in [0.1, 0.15) is 73.6 Å². The molecule has 0 aliphatic carbocycles. The van der Waals surface area contributed by atoms with Gasteiger partial charge < -0.3 is 44.1 Å². The minimum atomic E-state index is -1.14. The Balaban J connectivity index is 1.77. The lowest BCUT2D eigenvalue weighted by Crippen LogP contribution is -2.50. The van der Waals surface area contributed by atoms with Gasteiger partial charge in [0, 0.05) is 51.5 Å². The third-order valence-corrected chi connectivity index (χ3v) is 9.80. The van der Waals surface area contributed by atoms with Gasteiger partial charge in [0.2, 0.25) is 0 Å². The minimum Gasteiger partial charge on any atom is -0.457 e. The number of amides is 1. The number of aliphatic hydroxyl groups excluding tert-OH is 2. The van der Waals surface area contributed by atoms with E-state index in [9.17, 15) is 24.9 Å². The Morgan fingerprint density at radius 2 is 1.93 bits per heavy atom. The summed E-state index contributed by atoms with van der Waals surface area (Å²) in [5, 5.41) is 31.9. The van der Waals surface area contributed by atoms with E-state index in [1.54, 1.807) is 43.2 Å². The molecule has 0 aromatic heterocycles. The van der Waals surface area contributed by atoms with Crippen LogP contribution in [-0.4, -0.2) is 125 Å². The maximum atomic E-state index is 13.2. The van der Waals surface area contributed by atoms with Gasteiger partial charge in [-0.15, -0.1) is 0 Å². The van der Waals surface area contributed by atoms with E-state index in [4.69, 9.17) is 18.9 Å². The molecule has 3 N–H and O–H groups in total. The van der Waals surface area contributed by atoms with Crippen molar-refractivity contribution in [3.8, 4) is 0 Å². The van der Waals surface area contributed by atoms with Crippen molar-refractivity contribution in [3.63, 3.8) is 0 Å². The molecule has 5 unspecified atom stereocenters. The molecule has 0 aromatic rings. The number of methoxy groups -OCH3 is 1. The number of ether oxygens (including phenoxy) is 4. The average molecular weight is 651 g/mol. The Labute approximate surface area is 275 Å². The fourth-order valence-electron chi connectivity index (χ4n) is 6.18. The molecule has 3 aliphatic rings. The van der Waals surface area contributed by atoms with E-state index in [0.29, 0.717) is 32.4 Å². The molecule has 0 bridgehead atoms. The maximum Gasteiger partial charge on any atom is 0.410 e. The lowest BCUT2D eigenvalue weighted by Gasteiger charge is -2.38. The molecule has 0 saturated carbocycles. The molecule has 1 amide bonds. The highest BCUT2D eigenvalue weighted by atomic mass is 16.6. The molecule has 3 rings (SSSR count). The second-order valence-electron chi connectivity index (χ2n) is 14.0. The topological polar surface area (TPSA) is 142 Å². The van der Waals surface area contributed by atoms with Crippen molar-refractivity contribution in [1.82, 2.24) is 9.80 Å². The zero-order valence-corrected chi connectivity index (χ0v) is 29.1. The maximum absolute atomic E-state index is 13.2. The first-order chi connectivity index (χ1) is 21.6. The molecule has 0 radical (unpaired) electrons. The monoisotopic (exact) mass is 650 g/mol. The van der Waals surface area contributed by atoms with E-state index in [1.807, 2.05) is 47.7 Å². The second-order valence-corrected chi connectivity index (χ2v) is 14.0. The number of allylic oxidation sites excluding steroid dienone is 2. The highest BCUT2D eigenvalue weighted by Gasteiger charge is 2.47. The summed E-state index contributed by atoms with van der Waals surface area (Å²) in [5.74, 6) is -0.833. The number of epoxide rings is 1. The third kappa shape index (κ3) is 10.9. The number of rotatable bonds is 10. The molecule has 2 saturated heterocycles. The van der Waals surface area contributed by atoms with Crippen molar-refractivity contribution in [2.75, 3.05) is 40.3 Å². The van der Waals surface area contributed by atoms with Gasteiger partial charge in [-0.2, -0.15) is 0 Å². The molecule has 10 atom stereocenters. The molecule has 11 heteroatoms. The van der Waals surface area contributed by atoms with E-state index in [2.05, 4.69) is 4.90 Å². The van der Waals surface area contributed by atoms with Crippen LogP contribution in [0.3, 0.4) is 0 Å². The number of piperazine rings is 1. The van der Waals surface area contributed by atoms with Gasteiger partial charge in [0.05, 0.1) is 36.4 Å². The Morgan fingerprint density at radius 3 is 2.57 bits per heavy atom. The minimum absolute atomic E-state index is 0.00239. The molecule has 0 aromatic carbocycles. The predicted molar refractivity (Wildman–Crippen MR) is 175 cm³/mol. The molecule has 3 aliphatic heterocycles. The first-order valence-corrected chi connectivity index (χ1v) is 16.8. The molecule has 2 fully saturated rings. The summed E-state index contributed by atoms with van der Waals surface area (Å²) in [5.41, 5.74) is -1.34. The summed E-state index contributed by atoms with van der Waals surface area (Å²) in [7, 11) is 3.58. The number of hydrogen-bond acceptors (Lipinski definition) is 10. The van der Waals surface area contributed by atoms with Gasteiger partial charge in [-0.05, 0) is 58.7 Å². The SMILES string of the molecule is CC[C@H](O)[C@@H](C)[C@H]1O[C@@H]1C[C@@](C)(O)/C=C/C=C(\C)C1OC(=O)CC(O)CCC(C)(OC)C(OC(=O)N2CCN(C)CC2)C=CC1C. The molecule has 3 heterocycles. The quantitative estimate of drug-likeness (QED) is 0.139. The van der Waals surface area contributed by atoms with Crippen molar-refractivity contribution in [3.05, 3.63) is 36.0 Å². The summed E-state index contributed by atoms with van der Waals surface area (Å²) in [6, 6.07) is 0. The van der Waals surface area contributed by atoms with E-state index in [1.165, 1.54) is 0 Å². The number of likely N-dealkylation sites (N-methyl/N-ethyl adjacent to an activating group) is 1. The van der Waals surface area contributed by atoms with Crippen LogP contribution in [0.25, 0.3) is 0 Å². The highest BCUT2D eigenvalue weighted by molar-refractivity contribution is 5.70. The van der Waals surface area contributed by atoms with Crippen LogP contribution >= 0.6 is 0 Å². The Bertz CT molecular complexity index is 1100. The standard InChI is InChI=1S/C35H58N2O9/c1-9-27(39)25(4)32-28(44-32)22-34(5,42)15-10-11-23(2)31-24(3)12-13-29(45-33(41)37-19-17-36(7)18-20-37)35(6,43-8)16-14-26(38)21-30(40)46-31/h10-13,15,24-29,31-32,38-39,42H,9,14,16-22H2,1-8H3/b13-12?,15-10+,23-11+/t24?,25-,26?,27+,28-,29?,31?,32-,34+,35?/m1/s1. The van der Waals surface area contributed by atoms with E-state index >= 15 is 0 Å². The first-order valence-electron chi connectivity index (χ1n) is 16.8. The van der Waals surface area contributed by atoms with Gasteiger partial charge in [0.25, 0.3) is 0 Å². The number of cyclic esters (lactones) is 1. The van der Waals surface area contributed by atoms with Crippen molar-refractivity contribution >= 4 is 12.1 Å². The first kappa shape index (κ1) is 38.2. The third-order valence-electron chi connectivity index (χ3n) is 9.80. The molecule has 262 valence electrons. The van der Waals surface area contributed by atoms with E-state index in [0.717, 1.165) is 18.7 Å². The van der Waals surface area contributed by atoms with Gasteiger partial charge >= 0.3 is 12.1 Å². The second kappa shape index (κ2) is 16.7. The highest BCUT2D eigenvalue weighted by Crippen LogP contribution is 2.37. The van der Waals surface area contributed by atoms with Crippen molar-refractivity contribution < 1.29 is 43.9 Å². The van der Waals surface area contributed by atoms with Crippen LogP contribution in [0.15, 0.2) is 36.0 Å². The summed E-state index contributed by atoms with van der Waals surface area (Å²) < 4.78 is 23.6. The van der Waals surface area contributed by atoms with Crippen LogP contribution < -0.4 is 0 Å². The lowest BCUT2D eigenvalue weighted by atomic mass is 9.88. The van der Waals surface area contributed by atoms with Crippen LogP contribution in [0.2, 0.25) is 0 Å². The van der Waals surface area contributed by atoms with Gasteiger partial charge in [0.1, 0.15) is 11.7 Å². The van der Waals surface area contributed by atoms with Gasteiger partial charge in [-0.3, -0.25) is 4.79 Å². The molecular weight excluding hydrogens is 592 g/mol. The number of carbonyl (C=O) groups excluding carboxylic acids is 2. The number of carbonyl (C=O) groups is 2. The zero-order valence-electron chi connectivity index (χ0n) is 29.1. The van der Waals surface area contributed by atoms with Crippen LogP contribution in [0.4, 0.5) is 4.79 Å². The van der Waals surface area contributed by atoms with Crippen LogP contribution in [0, 0.1) is 11.8 Å². The predicted octanol–water partition coefficient (Wildman–Crippen LogP) is 3.61. The smallest absolute Gasteiger partial charge is 0.410 e. The molecule has 46 heavy (non-hydrogen) atoms. The largest absolute Gasteiger partial charge is 0.457 e. The summed E-state index contributed by atoms with van der Waals surface area (Å²) in [4.78, 5) is 29.9. The average Bonchev–Trinajstić information content (AvgIpc) is 3.77. The van der Waals surface area contributed by atoms with E-state index in [-0.39, 0.29) is 36.9 Å². The summed E-state index contributed by atoms with van der Waals surface area (Å²) >= 11 is 0. The van der Waals surface area contributed by atoms with Crippen LogP contribution in [-0.2, 0) is 23.7 Å². The normalized spacial score (nSPS) is 34.6. The summed E-state index contributed by atoms with van der Waals surface area (Å²) in [6.45, 7) is 13.9. The molecule has 11 nitrogen and oxygen atoms in total. The van der Waals surface area contributed by atoms with Gasteiger partial charge in [-0.1, -0.05) is 45.1 Å². The Hall–Kier alpha value is -2.28. The Morgan fingerprint density at radius 1 is 1.26 bits per heavy atom. The molecule has 0 spiro atoms. The lowest BCUT2D eigenvalue weighted by molar-refractivity contribution is -0.151. The fourth-order valence-corrected chi connectivity index (χ4v) is 6.18. The fraction of sp³-hybridized carbons (Fsp3) is 0.771. The van der Waals surface area contributed by atoms with E-state index < -0.39 is 47.7 Å². The van der Waals surface area contributed by atoms with Gasteiger partial charge in [-0.25, -0.2) is 4.79 Å².